The van der Waals surface area contributed by atoms with Crippen LogP contribution >= 0.6 is 0 Å². The molecule has 4 amide bonds. The van der Waals surface area contributed by atoms with Crippen LogP contribution in [0.1, 0.15) is 72.6 Å². The lowest BCUT2D eigenvalue weighted by Crippen LogP contribution is -2.54. The van der Waals surface area contributed by atoms with E-state index in [1.807, 2.05) is 12.1 Å². The van der Waals surface area contributed by atoms with Crippen LogP contribution in [0, 0.1) is 0 Å². The molecule has 0 saturated carbocycles. The normalized spacial score (nSPS) is 16.8. The second-order valence-electron chi connectivity index (χ2n) is 15.4. The SMILES string of the molecule is CCCCc1ccc(-c2ccc(C(=O)NC(CCCN)C(=O)N(C)C3C(=O)NC(C)C(=O)NC(C(=O)O)Cc4ccc(OCCN)c(c4)-c4cc3ccc4OCCN)cc2)cc1. The van der Waals surface area contributed by atoms with Gasteiger partial charge >= 0.3 is 5.97 Å². The summed E-state index contributed by atoms with van der Waals surface area (Å²) in [6.07, 6.45) is 3.73. The van der Waals surface area contributed by atoms with Crippen molar-refractivity contribution in [3.63, 3.8) is 0 Å². The van der Waals surface area contributed by atoms with Crippen molar-refractivity contribution < 1.29 is 38.6 Å². The number of carbonyl (C=O) groups excluding carboxylic acids is 4. The molecule has 4 aromatic rings. The number of fused-ring (bicyclic) bond motifs is 5. The van der Waals surface area contributed by atoms with E-state index in [4.69, 9.17) is 26.7 Å². The third-order valence-electron chi connectivity index (χ3n) is 10.7. The molecule has 62 heavy (non-hydrogen) atoms. The summed E-state index contributed by atoms with van der Waals surface area (Å²) in [7, 11) is 1.44. The number of carboxylic acids is 1. The average molecular weight is 850 g/mol. The molecule has 0 fully saturated rings. The fraction of sp³-hybridized carbons (Fsp3) is 0.383. The molecule has 0 aliphatic carbocycles. The van der Waals surface area contributed by atoms with E-state index < -0.39 is 53.8 Å². The van der Waals surface area contributed by atoms with Gasteiger partial charge in [-0.15, -0.1) is 0 Å². The minimum Gasteiger partial charge on any atom is -0.492 e. The summed E-state index contributed by atoms with van der Waals surface area (Å²) in [4.78, 5) is 69.9. The number of aryl methyl sites for hydroxylation is 1. The predicted molar refractivity (Wildman–Crippen MR) is 237 cm³/mol. The fourth-order valence-corrected chi connectivity index (χ4v) is 7.33. The number of carboxylic acid groups (broad SMARTS) is 1. The Hall–Kier alpha value is -6.29. The van der Waals surface area contributed by atoms with Crippen molar-refractivity contribution in [1.82, 2.24) is 20.9 Å². The molecule has 4 unspecified atom stereocenters. The van der Waals surface area contributed by atoms with E-state index in [1.165, 1.54) is 24.4 Å². The van der Waals surface area contributed by atoms with Gasteiger partial charge in [-0.3, -0.25) is 19.2 Å². The second-order valence-corrected chi connectivity index (χ2v) is 15.4. The van der Waals surface area contributed by atoms with Crippen LogP contribution < -0.4 is 42.6 Å². The highest BCUT2D eigenvalue weighted by Crippen LogP contribution is 2.40. The van der Waals surface area contributed by atoms with Gasteiger partial charge in [0.05, 0.1) is 0 Å². The highest BCUT2D eigenvalue weighted by molar-refractivity contribution is 5.99. The number of nitrogens with one attached hydrogen (secondary N) is 3. The van der Waals surface area contributed by atoms with Crippen molar-refractivity contribution in [2.45, 2.75) is 76.5 Å². The summed E-state index contributed by atoms with van der Waals surface area (Å²) in [5, 5.41) is 18.2. The van der Waals surface area contributed by atoms with E-state index in [-0.39, 0.29) is 45.7 Å². The zero-order valence-electron chi connectivity index (χ0n) is 35.7. The number of ether oxygens (including phenoxy) is 2. The lowest BCUT2D eigenvalue weighted by atomic mass is 9.93. The van der Waals surface area contributed by atoms with Crippen LogP contribution in [-0.2, 0) is 32.0 Å². The molecule has 4 atom stereocenters. The van der Waals surface area contributed by atoms with Crippen LogP contribution in [0.3, 0.4) is 0 Å². The largest absolute Gasteiger partial charge is 0.492 e. The second kappa shape index (κ2) is 22.5. The Labute approximate surface area is 362 Å². The van der Waals surface area contributed by atoms with Crippen LogP contribution in [0.2, 0.25) is 0 Å². The molecule has 1 heterocycles. The average Bonchev–Trinajstić information content (AvgIpc) is 3.27. The molecule has 0 saturated heterocycles. The summed E-state index contributed by atoms with van der Waals surface area (Å²) in [5.41, 5.74) is 22.9. The molecule has 0 aromatic heterocycles. The number of hydrogen-bond acceptors (Lipinski definition) is 10. The first-order chi connectivity index (χ1) is 29.9. The first-order valence-electron chi connectivity index (χ1n) is 21.1. The maximum Gasteiger partial charge on any atom is 0.326 e. The topological polar surface area (TPSA) is 241 Å². The third kappa shape index (κ3) is 12.0. The van der Waals surface area contributed by atoms with Gasteiger partial charge in [0.2, 0.25) is 17.7 Å². The van der Waals surface area contributed by atoms with E-state index in [9.17, 15) is 29.1 Å². The molecule has 1 aliphatic rings. The Morgan fingerprint density at radius 2 is 1.42 bits per heavy atom. The molecular formula is C47H59N7O8. The minimum absolute atomic E-state index is 0.0858. The van der Waals surface area contributed by atoms with E-state index in [0.717, 1.165) is 30.4 Å². The maximum absolute atomic E-state index is 14.6. The monoisotopic (exact) mass is 849 g/mol. The Morgan fingerprint density at radius 1 is 0.806 bits per heavy atom. The van der Waals surface area contributed by atoms with E-state index in [0.29, 0.717) is 45.7 Å². The quantitative estimate of drug-likeness (QED) is 0.0762. The zero-order chi connectivity index (χ0) is 44.8. The fourth-order valence-electron chi connectivity index (χ4n) is 7.33. The van der Waals surface area contributed by atoms with Crippen molar-refractivity contribution in [2.75, 3.05) is 39.9 Å². The number of benzene rings is 4. The van der Waals surface area contributed by atoms with Gasteiger partial charge in [0, 0.05) is 43.2 Å². The first-order valence-corrected chi connectivity index (χ1v) is 21.1. The Balaban J connectivity index is 1.53. The van der Waals surface area contributed by atoms with Crippen molar-refractivity contribution in [1.29, 1.82) is 0 Å². The molecule has 0 radical (unpaired) electrons. The van der Waals surface area contributed by atoms with Gasteiger partial charge in [0.1, 0.15) is 48.9 Å². The van der Waals surface area contributed by atoms with E-state index >= 15 is 0 Å². The highest BCUT2D eigenvalue weighted by Gasteiger charge is 2.36. The molecule has 15 nitrogen and oxygen atoms in total. The van der Waals surface area contributed by atoms with Gasteiger partial charge in [0.25, 0.3) is 5.91 Å². The molecule has 4 aromatic carbocycles. The van der Waals surface area contributed by atoms with Crippen LogP contribution in [0.15, 0.2) is 84.9 Å². The lowest BCUT2D eigenvalue weighted by Gasteiger charge is -2.32. The molecule has 4 bridgehead atoms. The van der Waals surface area contributed by atoms with Gasteiger partial charge in [-0.25, -0.2) is 4.79 Å². The summed E-state index contributed by atoms with van der Waals surface area (Å²) in [5.74, 6) is -3.05. The van der Waals surface area contributed by atoms with Crippen molar-refractivity contribution in [3.05, 3.63) is 107 Å². The molecule has 15 heteroatoms. The van der Waals surface area contributed by atoms with E-state index in [2.05, 4.69) is 47.1 Å². The number of rotatable bonds is 18. The molecule has 1 aliphatic heterocycles. The smallest absolute Gasteiger partial charge is 0.326 e. The standard InChI is InChI=1S/C47H59N7O8/c1-4-5-7-30-9-12-32(13-10-30)33-14-16-34(17-15-33)44(56)52-38(8-6-21-48)46(58)54(3)42-35-18-20-41(62-25-23-50)37(28-35)36-26-31(11-19-40(36)61-24-22-49)27-39(47(59)60)53-43(55)29(2)51-45(42)57/h9-20,26,28-29,38-39,42H,4-8,21-25,27,48-50H2,1-3H3,(H,51,57)(H,52,56)(H,53,55)(H,59,60). The Kier molecular flexibility index (Phi) is 17.0. The van der Waals surface area contributed by atoms with Gasteiger partial charge < -0.3 is 52.6 Å². The Morgan fingerprint density at radius 3 is 2.02 bits per heavy atom. The van der Waals surface area contributed by atoms with Crippen LogP contribution in [-0.4, -0.2) is 97.6 Å². The number of hydrogen-bond donors (Lipinski definition) is 7. The molecule has 0 spiro atoms. The van der Waals surface area contributed by atoms with E-state index in [1.54, 1.807) is 48.5 Å². The number of likely N-dealkylation sites (N-methyl/N-ethyl adjacent to an activating group) is 1. The maximum atomic E-state index is 14.6. The highest BCUT2D eigenvalue weighted by atomic mass is 16.5. The number of nitrogens with two attached hydrogens (primary N) is 3. The summed E-state index contributed by atoms with van der Waals surface area (Å²) in [6.45, 7) is 4.54. The van der Waals surface area contributed by atoms with Crippen LogP contribution in [0.25, 0.3) is 22.3 Å². The molecule has 5 rings (SSSR count). The first kappa shape index (κ1) is 46.8. The lowest BCUT2D eigenvalue weighted by molar-refractivity contribution is -0.143. The Bertz CT molecular complexity index is 2180. The zero-order valence-corrected chi connectivity index (χ0v) is 35.7. The van der Waals surface area contributed by atoms with Crippen molar-refractivity contribution >= 4 is 29.6 Å². The van der Waals surface area contributed by atoms with Crippen molar-refractivity contribution in [3.8, 4) is 33.8 Å². The summed E-state index contributed by atoms with van der Waals surface area (Å²) in [6, 6.07) is 20.5. The summed E-state index contributed by atoms with van der Waals surface area (Å²) >= 11 is 0. The molecule has 10 N–H and O–H groups in total. The number of nitrogens with zero attached hydrogens (tertiary/aromatic N) is 1. The van der Waals surface area contributed by atoms with Gasteiger partial charge in [-0.1, -0.05) is 61.9 Å². The van der Waals surface area contributed by atoms with Crippen LogP contribution in [0.4, 0.5) is 0 Å². The number of unbranched alkanes of at least 4 members (excludes halogenated alkanes) is 1. The summed E-state index contributed by atoms with van der Waals surface area (Å²) < 4.78 is 12.1. The third-order valence-corrected chi connectivity index (χ3v) is 10.7. The van der Waals surface area contributed by atoms with Crippen LogP contribution in [0.5, 0.6) is 11.5 Å². The molecule has 330 valence electrons. The van der Waals surface area contributed by atoms with Crippen molar-refractivity contribution in [2.24, 2.45) is 17.2 Å². The van der Waals surface area contributed by atoms with Gasteiger partial charge in [-0.2, -0.15) is 0 Å². The number of carbonyl (C=O) groups is 5. The van der Waals surface area contributed by atoms with Gasteiger partial charge in [0.15, 0.2) is 0 Å². The molecular weight excluding hydrogens is 791 g/mol. The predicted octanol–water partition coefficient (Wildman–Crippen LogP) is 3.71. The minimum atomic E-state index is -1.36. The number of amides is 4. The number of aliphatic carboxylic acids is 1. The van der Waals surface area contributed by atoms with Gasteiger partial charge in [-0.05, 0) is 103 Å².